The van der Waals surface area contributed by atoms with E-state index < -0.39 is 0 Å². The summed E-state index contributed by atoms with van der Waals surface area (Å²) >= 11 is 7.33. The minimum absolute atomic E-state index is 0.101. The summed E-state index contributed by atoms with van der Waals surface area (Å²) in [6.45, 7) is 3.70. The van der Waals surface area contributed by atoms with Crippen LogP contribution in [0.1, 0.15) is 18.2 Å². The second-order valence-electron chi connectivity index (χ2n) is 3.15. The van der Waals surface area contributed by atoms with Crippen molar-refractivity contribution in [2.75, 3.05) is 13.1 Å². The van der Waals surface area contributed by atoms with Gasteiger partial charge in [-0.3, -0.25) is 4.79 Å². The molecular formula is C10H15ClN2OS. The van der Waals surface area contributed by atoms with Crippen LogP contribution < -0.4 is 5.73 Å². The van der Waals surface area contributed by atoms with Crippen molar-refractivity contribution in [3.05, 3.63) is 21.3 Å². The molecule has 1 aromatic heterocycles. The van der Waals surface area contributed by atoms with E-state index in [1.807, 2.05) is 19.1 Å². The van der Waals surface area contributed by atoms with E-state index in [-0.39, 0.29) is 5.91 Å². The summed E-state index contributed by atoms with van der Waals surface area (Å²) < 4.78 is 0.757. The fraction of sp³-hybridized carbons (Fsp3) is 0.500. The van der Waals surface area contributed by atoms with Crippen LogP contribution in [0.2, 0.25) is 4.34 Å². The summed E-state index contributed by atoms with van der Waals surface area (Å²) in [5, 5.41) is 0. The number of carbonyl (C=O) groups is 1. The first-order valence-corrected chi connectivity index (χ1v) is 6.09. The van der Waals surface area contributed by atoms with Crippen LogP contribution in [0, 0.1) is 0 Å². The lowest BCUT2D eigenvalue weighted by Crippen LogP contribution is -2.31. The zero-order chi connectivity index (χ0) is 11.3. The van der Waals surface area contributed by atoms with Crippen molar-refractivity contribution in [3.63, 3.8) is 0 Å². The van der Waals surface area contributed by atoms with Crippen LogP contribution in [0.3, 0.4) is 0 Å². The topological polar surface area (TPSA) is 46.3 Å². The Kier molecular flexibility index (Phi) is 5.08. The second-order valence-corrected chi connectivity index (χ2v) is 4.95. The maximum Gasteiger partial charge on any atom is 0.224 e. The number of nitrogens with zero attached hydrogens (tertiary/aromatic N) is 1. The molecule has 0 aliphatic heterocycles. The number of carbonyl (C=O) groups excluding carboxylic acids is 1. The number of halogens is 1. The summed E-state index contributed by atoms with van der Waals surface area (Å²) in [4.78, 5) is 14.5. The van der Waals surface area contributed by atoms with E-state index >= 15 is 0 Å². The van der Waals surface area contributed by atoms with Gasteiger partial charge >= 0.3 is 0 Å². The van der Waals surface area contributed by atoms with Crippen molar-refractivity contribution in [2.45, 2.75) is 19.9 Å². The number of thiophene rings is 1. The van der Waals surface area contributed by atoms with E-state index in [9.17, 15) is 4.79 Å². The number of rotatable bonds is 5. The monoisotopic (exact) mass is 246 g/mol. The van der Waals surface area contributed by atoms with Gasteiger partial charge in [-0.05, 0) is 19.1 Å². The van der Waals surface area contributed by atoms with Gasteiger partial charge in [-0.2, -0.15) is 0 Å². The molecule has 5 heteroatoms. The molecule has 3 nitrogen and oxygen atoms in total. The van der Waals surface area contributed by atoms with E-state index in [1.54, 1.807) is 4.90 Å². The van der Waals surface area contributed by atoms with Crippen molar-refractivity contribution in [1.82, 2.24) is 4.90 Å². The highest BCUT2D eigenvalue weighted by Crippen LogP contribution is 2.22. The summed E-state index contributed by atoms with van der Waals surface area (Å²) in [5.74, 6) is 0.101. The molecular weight excluding hydrogens is 232 g/mol. The molecule has 0 aliphatic carbocycles. The maximum absolute atomic E-state index is 11.6. The Morgan fingerprint density at radius 1 is 1.60 bits per heavy atom. The molecule has 0 atom stereocenters. The summed E-state index contributed by atoms with van der Waals surface area (Å²) in [6, 6.07) is 3.80. The number of hydrogen-bond donors (Lipinski definition) is 1. The highest BCUT2D eigenvalue weighted by molar-refractivity contribution is 7.16. The van der Waals surface area contributed by atoms with Gasteiger partial charge in [-0.25, -0.2) is 0 Å². The van der Waals surface area contributed by atoms with Crippen molar-refractivity contribution < 1.29 is 4.79 Å². The van der Waals surface area contributed by atoms with Crippen LogP contribution in [0.25, 0.3) is 0 Å². The first-order chi connectivity index (χ1) is 7.17. The Labute approximate surface area is 98.8 Å². The number of hydrogen-bond acceptors (Lipinski definition) is 3. The smallest absolute Gasteiger partial charge is 0.224 e. The molecule has 0 unspecified atom stereocenters. The predicted molar refractivity (Wildman–Crippen MR) is 64.1 cm³/mol. The third-order valence-corrected chi connectivity index (χ3v) is 3.28. The Morgan fingerprint density at radius 2 is 2.33 bits per heavy atom. The fourth-order valence-corrected chi connectivity index (χ4v) is 2.39. The quantitative estimate of drug-likeness (QED) is 0.865. The first kappa shape index (κ1) is 12.5. The van der Waals surface area contributed by atoms with Gasteiger partial charge in [0.2, 0.25) is 5.91 Å². The van der Waals surface area contributed by atoms with Crippen LogP contribution in [-0.2, 0) is 11.3 Å². The van der Waals surface area contributed by atoms with Crippen LogP contribution in [-0.4, -0.2) is 23.9 Å². The summed E-state index contributed by atoms with van der Waals surface area (Å²) in [5.41, 5.74) is 5.35. The normalized spacial score (nSPS) is 10.3. The fourth-order valence-electron chi connectivity index (χ4n) is 1.28. The molecule has 1 rings (SSSR count). The van der Waals surface area contributed by atoms with Crippen molar-refractivity contribution >= 4 is 28.8 Å². The average molecular weight is 247 g/mol. The van der Waals surface area contributed by atoms with Gasteiger partial charge in [0.05, 0.1) is 10.9 Å². The molecule has 0 radical (unpaired) electrons. The van der Waals surface area contributed by atoms with Crippen LogP contribution >= 0.6 is 22.9 Å². The minimum Gasteiger partial charge on any atom is -0.338 e. The lowest BCUT2D eigenvalue weighted by atomic mass is 10.3. The molecule has 1 aromatic rings. The Hall–Kier alpha value is -0.580. The van der Waals surface area contributed by atoms with Crippen LogP contribution in [0.5, 0.6) is 0 Å². The van der Waals surface area contributed by atoms with Crippen LogP contribution in [0.4, 0.5) is 0 Å². The predicted octanol–water partition coefficient (Wildman–Crippen LogP) is 2.10. The second kappa shape index (κ2) is 6.10. The van der Waals surface area contributed by atoms with E-state index in [4.69, 9.17) is 17.3 Å². The van der Waals surface area contributed by atoms with Gasteiger partial charge in [0.25, 0.3) is 0 Å². The molecule has 84 valence electrons. The van der Waals surface area contributed by atoms with Crippen LogP contribution in [0.15, 0.2) is 12.1 Å². The third kappa shape index (κ3) is 3.81. The molecule has 0 aliphatic rings. The van der Waals surface area contributed by atoms with Gasteiger partial charge in [0.1, 0.15) is 0 Å². The SMILES string of the molecule is CCN(Cc1ccc(Cl)s1)C(=O)CCN. The molecule has 1 heterocycles. The van der Waals surface area contributed by atoms with E-state index in [1.165, 1.54) is 11.3 Å². The molecule has 0 saturated heterocycles. The average Bonchev–Trinajstić information content (AvgIpc) is 2.61. The van der Waals surface area contributed by atoms with Crippen molar-refractivity contribution in [2.24, 2.45) is 5.73 Å². The largest absolute Gasteiger partial charge is 0.338 e. The maximum atomic E-state index is 11.6. The minimum atomic E-state index is 0.101. The third-order valence-electron chi connectivity index (χ3n) is 2.07. The number of amides is 1. The van der Waals surface area contributed by atoms with Crippen molar-refractivity contribution in [1.29, 1.82) is 0 Å². The Morgan fingerprint density at radius 3 is 2.80 bits per heavy atom. The molecule has 2 N–H and O–H groups in total. The molecule has 0 spiro atoms. The van der Waals surface area contributed by atoms with E-state index in [2.05, 4.69) is 0 Å². The highest BCUT2D eigenvalue weighted by atomic mass is 35.5. The molecule has 0 saturated carbocycles. The van der Waals surface area contributed by atoms with Gasteiger partial charge < -0.3 is 10.6 Å². The zero-order valence-electron chi connectivity index (χ0n) is 8.70. The molecule has 0 bridgehead atoms. The lowest BCUT2D eigenvalue weighted by Gasteiger charge is -2.19. The van der Waals surface area contributed by atoms with Crippen molar-refractivity contribution in [3.8, 4) is 0 Å². The number of nitrogens with two attached hydrogens (primary N) is 1. The lowest BCUT2D eigenvalue weighted by molar-refractivity contribution is -0.131. The molecule has 0 fully saturated rings. The van der Waals surface area contributed by atoms with Gasteiger partial charge in [0, 0.05) is 24.4 Å². The van der Waals surface area contributed by atoms with E-state index in [0.717, 1.165) is 9.21 Å². The molecule has 0 aromatic carbocycles. The first-order valence-electron chi connectivity index (χ1n) is 4.89. The Balaban J connectivity index is 2.57. The zero-order valence-corrected chi connectivity index (χ0v) is 10.3. The highest BCUT2D eigenvalue weighted by Gasteiger charge is 2.11. The van der Waals surface area contributed by atoms with E-state index in [0.29, 0.717) is 26.1 Å². The summed E-state index contributed by atoms with van der Waals surface area (Å²) in [7, 11) is 0. The summed E-state index contributed by atoms with van der Waals surface area (Å²) in [6.07, 6.45) is 0.410. The van der Waals surface area contributed by atoms with Gasteiger partial charge in [-0.15, -0.1) is 11.3 Å². The molecule has 1 amide bonds. The molecule has 15 heavy (non-hydrogen) atoms. The van der Waals surface area contributed by atoms with Gasteiger partial charge in [-0.1, -0.05) is 11.6 Å². The standard InChI is InChI=1S/C10H15ClN2OS/c1-2-13(10(14)5-6-12)7-8-3-4-9(11)15-8/h3-4H,2,5-7,12H2,1H3. The van der Waals surface area contributed by atoms with Gasteiger partial charge in [0.15, 0.2) is 0 Å². The Bertz CT molecular complexity index is 327.